The first-order valence-corrected chi connectivity index (χ1v) is 11.0. The summed E-state index contributed by atoms with van der Waals surface area (Å²) < 4.78 is 28.3. The molecule has 0 spiro atoms. The van der Waals surface area contributed by atoms with Gasteiger partial charge in [-0.25, -0.2) is 13.1 Å². The van der Waals surface area contributed by atoms with Gasteiger partial charge in [-0.15, -0.1) is 0 Å². The zero-order valence-corrected chi connectivity index (χ0v) is 17.0. The Morgan fingerprint density at radius 2 is 1.79 bits per heavy atom. The molecule has 0 unspecified atom stereocenters. The van der Waals surface area contributed by atoms with Crippen molar-refractivity contribution in [2.45, 2.75) is 49.7 Å². The zero-order valence-electron chi connectivity index (χ0n) is 16.2. The summed E-state index contributed by atoms with van der Waals surface area (Å²) in [5.74, 6) is -0.104. The Kier molecular flexibility index (Phi) is 6.49. The number of aryl methyl sites for hydroxylation is 1. The number of hydrogen-bond acceptors (Lipinski definition) is 4. The van der Waals surface area contributed by atoms with Crippen LogP contribution in [0.2, 0.25) is 0 Å². The third-order valence-corrected chi connectivity index (χ3v) is 6.58. The van der Waals surface area contributed by atoms with Crippen molar-refractivity contribution in [3.63, 3.8) is 0 Å². The molecule has 1 aliphatic heterocycles. The highest BCUT2D eigenvalue weighted by molar-refractivity contribution is 7.89. The number of hydrogen-bond donors (Lipinski definition) is 3. The lowest BCUT2D eigenvalue weighted by Gasteiger charge is -2.27. The fourth-order valence-electron chi connectivity index (χ4n) is 3.42. The monoisotopic (exact) mass is 401 g/mol. The first-order chi connectivity index (χ1) is 13.4. The average molecular weight is 402 g/mol. The largest absolute Gasteiger partial charge is 0.346 e. The van der Waals surface area contributed by atoms with E-state index >= 15 is 0 Å². The van der Waals surface area contributed by atoms with E-state index < -0.39 is 22.1 Å². The standard InChI is InChI=1S/C21H27N3O3S/c1-15-10-12-18(13-11-15)28(26,27)24-16(2)20(17-7-4-3-5-8-17)23-21(25)19-9-6-14-22-19/h3-5,7-8,10-13,16,19-20,22,24H,6,9,14H2,1-2H3,(H,23,25)/t16-,19+,20-/m1/s1. The molecule has 6 nitrogen and oxygen atoms in total. The van der Waals surface area contributed by atoms with Crippen LogP contribution >= 0.6 is 0 Å². The molecule has 2 aromatic rings. The average Bonchev–Trinajstić information content (AvgIpc) is 3.21. The summed E-state index contributed by atoms with van der Waals surface area (Å²) >= 11 is 0. The van der Waals surface area contributed by atoms with Crippen molar-refractivity contribution in [3.8, 4) is 0 Å². The Morgan fingerprint density at radius 1 is 1.11 bits per heavy atom. The lowest BCUT2D eigenvalue weighted by atomic mass is 10.0. The number of nitrogens with one attached hydrogen (secondary N) is 3. The van der Waals surface area contributed by atoms with Gasteiger partial charge in [0.05, 0.1) is 17.0 Å². The molecule has 1 saturated heterocycles. The summed E-state index contributed by atoms with van der Waals surface area (Å²) in [6.45, 7) is 4.50. The van der Waals surface area contributed by atoms with E-state index in [9.17, 15) is 13.2 Å². The summed E-state index contributed by atoms with van der Waals surface area (Å²) in [6.07, 6.45) is 1.75. The molecule has 0 aromatic heterocycles. The van der Waals surface area contributed by atoms with E-state index in [4.69, 9.17) is 0 Å². The number of carbonyl (C=O) groups is 1. The molecule has 3 N–H and O–H groups in total. The van der Waals surface area contributed by atoms with Gasteiger partial charge in [-0.2, -0.15) is 0 Å². The van der Waals surface area contributed by atoms with Crippen molar-refractivity contribution >= 4 is 15.9 Å². The highest BCUT2D eigenvalue weighted by Gasteiger charge is 2.29. The molecule has 1 aliphatic rings. The maximum atomic E-state index is 12.8. The molecular weight excluding hydrogens is 374 g/mol. The molecule has 2 aromatic carbocycles. The lowest BCUT2D eigenvalue weighted by Crippen LogP contribution is -2.48. The van der Waals surface area contributed by atoms with Gasteiger partial charge in [0.15, 0.2) is 0 Å². The minimum absolute atomic E-state index is 0.104. The van der Waals surface area contributed by atoms with Crippen LogP contribution in [0.1, 0.15) is 36.9 Å². The second kappa shape index (κ2) is 8.86. The summed E-state index contributed by atoms with van der Waals surface area (Å²) in [5, 5.41) is 6.21. The van der Waals surface area contributed by atoms with Gasteiger partial charge in [0.25, 0.3) is 0 Å². The Morgan fingerprint density at radius 3 is 2.39 bits per heavy atom. The van der Waals surface area contributed by atoms with Gasteiger partial charge in [0.2, 0.25) is 15.9 Å². The maximum Gasteiger partial charge on any atom is 0.240 e. The molecule has 1 amide bonds. The van der Waals surface area contributed by atoms with Gasteiger partial charge in [-0.3, -0.25) is 4.79 Å². The highest BCUT2D eigenvalue weighted by Crippen LogP contribution is 2.20. The van der Waals surface area contributed by atoms with E-state index in [1.807, 2.05) is 37.3 Å². The second-order valence-electron chi connectivity index (χ2n) is 7.27. The van der Waals surface area contributed by atoms with Gasteiger partial charge >= 0.3 is 0 Å². The molecule has 3 atom stereocenters. The van der Waals surface area contributed by atoms with Gasteiger partial charge in [-0.1, -0.05) is 48.0 Å². The van der Waals surface area contributed by atoms with Crippen molar-refractivity contribution < 1.29 is 13.2 Å². The number of amides is 1. The molecule has 3 rings (SSSR count). The zero-order chi connectivity index (χ0) is 20.1. The molecule has 0 radical (unpaired) electrons. The molecular formula is C21H27N3O3S. The number of sulfonamides is 1. The molecule has 0 saturated carbocycles. The predicted molar refractivity (Wildman–Crippen MR) is 109 cm³/mol. The van der Waals surface area contributed by atoms with E-state index in [0.717, 1.165) is 30.5 Å². The maximum absolute atomic E-state index is 12.8. The van der Waals surface area contributed by atoms with Crippen molar-refractivity contribution in [1.82, 2.24) is 15.4 Å². The van der Waals surface area contributed by atoms with Gasteiger partial charge in [-0.05, 0) is 50.9 Å². The third kappa shape index (κ3) is 4.98. The Balaban J connectivity index is 1.80. The van der Waals surface area contributed by atoms with Crippen LogP contribution in [0, 0.1) is 6.92 Å². The number of rotatable bonds is 7. The van der Waals surface area contributed by atoms with E-state index in [1.54, 1.807) is 31.2 Å². The molecule has 28 heavy (non-hydrogen) atoms. The van der Waals surface area contributed by atoms with Crippen molar-refractivity contribution in [3.05, 3.63) is 65.7 Å². The van der Waals surface area contributed by atoms with Gasteiger partial charge < -0.3 is 10.6 Å². The number of benzene rings is 2. The van der Waals surface area contributed by atoms with Crippen LogP contribution in [-0.2, 0) is 14.8 Å². The van der Waals surface area contributed by atoms with Crippen LogP contribution in [0.4, 0.5) is 0 Å². The van der Waals surface area contributed by atoms with Crippen LogP contribution in [0.15, 0.2) is 59.5 Å². The van der Waals surface area contributed by atoms with Crippen LogP contribution in [0.5, 0.6) is 0 Å². The summed E-state index contributed by atoms with van der Waals surface area (Å²) in [5.41, 5.74) is 1.85. The minimum atomic E-state index is -3.70. The highest BCUT2D eigenvalue weighted by atomic mass is 32.2. The van der Waals surface area contributed by atoms with E-state index in [2.05, 4.69) is 15.4 Å². The lowest BCUT2D eigenvalue weighted by molar-refractivity contribution is -0.123. The quantitative estimate of drug-likeness (QED) is 0.664. The fourth-order valence-corrected chi connectivity index (χ4v) is 4.67. The third-order valence-electron chi connectivity index (χ3n) is 5.01. The Bertz CT molecular complexity index is 892. The smallest absolute Gasteiger partial charge is 0.240 e. The predicted octanol–water partition coefficient (Wildman–Crippen LogP) is 2.27. The molecule has 7 heteroatoms. The number of carbonyl (C=O) groups excluding carboxylic acids is 1. The van der Waals surface area contributed by atoms with Crippen LogP contribution in [-0.4, -0.2) is 33.0 Å². The van der Waals surface area contributed by atoms with Crippen molar-refractivity contribution in [2.75, 3.05) is 6.54 Å². The van der Waals surface area contributed by atoms with E-state index in [0.29, 0.717) is 0 Å². The van der Waals surface area contributed by atoms with E-state index in [-0.39, 0.29) is 16.8 Å². The van der Waals surface area contributed by atoms with Crippen LogP contribution in [0.25, 0.3) is 0 Å². The molecule has 150 valence electrons. The fraction of sp³-hybridized carbons (Fsp3) is 0.381. The van der Waals surface area contributed by atoms with Crippen molar-refractivity contribution in [2.24, 2.45) is 0 Å². The Labute approximate surface area is 166 Å². The summed E-state index contributed by atoms with van der Waals surface area (Å²) in [7, 11) is -3.70. The summed E-state index contributed by atoms with van der Waals surface area (Å²) in [4.78, 5) is 12.9. The van der Waals surface area contributed by atoms with Crippen LogP contribution in [0.3, 0.4) is 0 Å². The molecule has 1 fully saturated rings. The Hall–Kier alpha value is -2.22. The molecule has 0 bridgehead atoms. The molecule has 0 aliphatic carbocycles. The first-order valence-electron chi connectivity index (χ1n) is 9.54. The van der Waals surface area contributed by atoms with Gasteiger partial charge in [0.1, 0.15) is 0 Å². The minimum Gasteiger partial charge on any atom is -0.346 e. The van der Waals surface area contributed by atoms with Crippen molar-refractivity contribution in [1.29, 1.82) is 0 Å². The topological polar surface area (TPSA) is 87.3 Å². The second-order valence-corrected chi connectivity index (χ2v) is 8.98. The van der Waals surface area contributed by atoms with Gasteiger partial charge in [0, 0.05) is 6.04 Å². The SMILES string of the molecule is Cc1ccc(S(=O)(=O)N[C@H](C)[C@@H](NC(=O)[C@@H]2CCCN2)c2ccccc2)cc1. The first kappa shape index (κ1) is 20.5. The molecule has 1 heterocycles. The normalized spacial score (nSPS) is 19.1. The summed E-state index contributed by atoms with van der Waals surface area (Å²) in [6, 6.07) is 14.9. The van der Waals surface area contributed by atoms with E-state index in [1.165, 1.54) is 0 Å². The van der Waals surface area contributed by atoms with Crippen LogP contribution < -0.4 is 15.4 Å².